The lowest BCUT2D eigenvalue weighted by atomic mass is 9.69. The molecular formula is C14H19ClFN. The Hall–Kier alpha value is -0.600. The van der Waals surface area contributed by atoms with Crippen LogP contribution in [0.15, 0.2) is 12.1 Å². The van der Waals surface area contributed by atoms with E-state index in [1.165, 1.54) is 12.5 Å². The van der Waals surface area contributed by atoms with Crippen LogP contribution in [0.25, 0.3) is 0 Å². The van der Waals surface area contributed by atoms with Crippen LogP contribution in [0.4, 0.5) is 4.39 Å². The number of hydrogen-bond acceptors (Lipinski definition) is 1. The Morgan fingerprint density at radius 1 is 1.29 bits per heavy atom. The summed E-state index contributed by atoms with van der Waals surface area (Å²) >= 11 is 6.30. The minimum atomic E-state index is -0.245. The highest BCUT2D eigenvalue weighted by Crippen LogP contribution is 2.43. The van der Waals surface area contributed by atoms with Crippen molar-refractivity contribution in [3.63, 3.8) is 0 Å². The quantitative estimate of drug-likeness (QED) is 0.851. The van der Waals surface area contributed by atoms with Crippen molar-refractivity contribution in [1.82, 2.24) is 0 Å². The number of hydrogen-bond donors (Lipinski definition) is 1. The van der Waals surface area contributed by atoms with Crippen LogP contribution in [-0.4, -0.2) is 6.54 Å². The molecule has 0 aliphatic heterocycles. The van der Waals surface area contributed by atoms with E-state index in [9.17, 15) is 4.39 Å². The van der Waals surface area contributed by atoms with E-state index >= 15 is 0 Å². The highest BCUT2D eigenvalue weighted by atomic mass is 35.5. The van der Waals surface area contributed by atoms with Crippen molar-refractivity contribution >= 4 is 11.6 Å². The van der Waals surface area contributed by atoms with Crippen LogP contribution < -0.4 is 5.73 Å². The van der Waals surface area contributed by atoms with Crippen molar-refractivity contribution in [2.75, 3.05) is 6.54 Å². The predicted molar refractivity (Wildman–Crippen MR) is 70.0 cm³/mol. The van der Waals surface area contributed by atoms with E-state index in [1.54, 1.807) is 6.07 Å². The van der Waals surface area contributed by atoms with E-state index in [0.717, 1.165) is 31.2 Å². The Balaban J connectivity index is 2.53. The van der Waals surface area contributed by atoms with Crippen LogP contribution in [0.1, 0.15) is 43.2 Å². The topological polar surface area (TPSA) is 26.0 Å². The van der Waals surface area contributed by atoms with Crippen molar-refractivity contribution in [1.29, 1.82) is 0 Å². The van der Waals surface area contributed by atoms with Gasteiger partial charge in [-0.25, -0.2) is 4.39 Å². The van der Waals surface area contributed by atoms with Gasteiger partial charge in [0.15, 0.2) is 0 Å². The Bertz CT molecular complexity index is 411. The van der Waals surface area contributed by atoms with Crippen molar-refractivity contribution in [3.05, 3.63) is 34.1 Å². The van der Waals surface area contributed by atoms with Gasteiger partial charge in [-0.2, -0.15) is 0 Å². The predicted octanol–water partition coefficient (Wildman–Crippen LogP) is 3.95. The van der Waals surface area contributed by atoms with Crippen LogP contribution in [-0.2, 0) is 5.41 Å². The second-order valence-corrected chi connectivity index (χ2v) is 5.48. The second-order valence-electron chi connectivity index (χ2n) is 5.10. The molecule has 0 spiro atoms. The molecule has 2 N–H and O–H groups in total. The summed E-state index contributed by atoms with van der Waals surface area (Å²) in [4.78, 5) is 0. The number of nitrogens with two attached hydrogens (primary N) is 1. The molecule has 0 unspecified atom stereocenters. The van der Waals surface area contributed by atoms with E-state index in [0.29, 0.717) is 17.1 Å². The molecule has 3 heteroatoms. The van der Waals surface area contributed by atoms with Crippen molar-refractivity contribution in [3.8, 4) is 0 Å². The average molecular weight is 256 g/mol. The van der Waals surface area contributed by atoms with Crippen LogP contribution >= 0.6 is 11.6 Å². The maximum Gasteiger partial charge on any atom is 0.128 e. The van der Waals surface area contributed by atoms with Gasteiger partial charge in [-0.05, 0) is 31.4 Å². The minimum absolute atomic E-state index is 0.201. The van der Waals surface area contributed by atoms with Gasteiger partial charge in [0.2, 0.25) is 0 Å². The molecule has 0 saturated heterocycles. The zero-order chi connectivity index (χ0) is 12.5. The molecule has 94 valence electrons. The maximum atomic E-state index is 14.1. The van der Waals surface area contributed by atoms with Gasteiger partial charge in [-0.1, -0.05) is 36.9 Å². The highest BCUT2D eigenvalue weighted by molar-refractivity contribution is 6.32. The largest absolute Gasteiger partial charge is 0.330 e. The third-order valence-corrected chi connectivity index (χ3v) is 4.50. The molecular weight excluding hydrogens is 237 g/mol. The molecule has 1 aromatic carbocycles. The molecule has 0 aromatic heterocycles. The zero-order valence-corrected chi connectivity index (χ0v) is 11.0. The fraction of sp³-hybridized carbons (Fsp3) is 0.571. The molecule has 17 heavy (non-hydrogen) atoms. The van der Waals surface area contributed by atoms with Gasteiger partial charge < -0.3 is 5.73 Å². The normalized spacial score (nSPS) is 19.3. The van der Waals surface area contributed by atoms with Crippen LogP contribution in [0, 0.1) is 12.7 Å². The van der Waals surface area contributed by atoms with E-state index in [4.69, 9.17) is 17.3 Å². The lowest BCUT2D eigenvalue weighted by Gasteiger charge is -2.37. The first-order chi connectivity index (χ1) is 8.10. The lowest BCUT2D eigenvalue weighted by molar-refractivity contribution is 0.291. The monoisotopic (exact) mass is 255 g/mol. The molecule has 1 nitrogen and oxygen atoms in total. The third-order valence-electron chi connectivity index (χ3n) is 4.02. The summed E-state index contributed by atoms with van der Waals surface area (Å²) in [6.45, 7) is 2.39. The second kappa shape index (κ2) is 4.95. The van der Waals surface area contributed by atoms with Gasteiger partial charge in [0.1, 0.15) is 5.82 Å². The first-order valence-corrected chi connectivity index (χ1v) is 6.64. The van der Waals surface area contributed by atoms with Gasteiger partial charge in [-0.15, -0.1) is 0 Å². The number of halogens is 2. The van der Waals surface area contributed by atoms with E-state index in [1.807, 2.05) is 6.92 Å². The fourth-order valence-corrected chi connectivity index (χ4v) is 3.28. The average Bonchev–Trinajstić information content (AvgIpc) is 2.35. The SMILES string of the molecule is Cc1ccc(F)c(C2(CN)CCCCC2)c1Cl. The number of benzene rings is 1. The highest BCUT2D eigenvalue weighted by Gasteiger charge is 2.36. The van der Waals surface area contributed by atoms with Gasteiger partial charge in [0, 0.05) is 17.5 Å². The molecule has 1 saturated carbocycles. The molecule has 0 bridgehead atoms. The number of rotatable bonds is 2. The van der Waals surface area contributed by atoms with Gasteiger partial charge in [-0.3, -0.25) is 0 Å². The smallest absolute Gasteiger partial charge is 0.128 e. The molecule has 0 radical (unpaired) electrons. The fourth-order valence-electron chi connectivity index (χ4n) is 2.93. The molecule has 1 aliphatic carbocycles. The molecule has 1 fully saturated rings. The maximum absolute atomic E-state index is 14.1. The summed E-state index contributed by atoms with van der Waals surface area (Å²) in [6.07, 6.45) is 5.34. The van der Waals surface area contributed by atoms with Crippen LogP contribution in [0.5, 0.6) is 0 Å². The number of aryl methyl sites for hydroxylation is 1. The summed E-state index contributed by atoms with van der Waals surface area (Å²) in [5.41, 5.74) is 7.27. The van der Waals surface area contributed by atoms with Gasteiger partial charge in [0.25, 0.3) is 0 Å². The summed E-state index contributed by atoms with van der Waals surface area (Å²) < 4.78 is 14.1. The molecule has 1 aromatic rings. The summed E-state index contributed by atoms with van der Waals surface area (Å²) in [7, 11) is 0. The van der Waals surface area contributed by atoms with Crippen molar-refractivity contribution < 1.29 is 4.39 Å². The molecule has 2 rings (SSSR count). The summed E-state index contributed by atoms with van der Waals surface area (Å²) in [6, 6.07) is 3.25. The first-order valence-electron chi connectivity index (χ1n) is 6.26. The zero-order valence-electron chi connectivity index (χ0n) is 10.2. The lowest BCUT2D eigenvalue weighted by Crippen LogP contribution is -2.38. The van der Waals surface area contributed by atoms with Crippen molar-refractivity contribution in [2.24, 2.45) is 5.73 Å². The Labute approximate surface area is 107 Å². The van der Waals surface area contributed by atoms with E-state index < -0.39 is 0 Å². The molecule has 0 atom stereocenters. The third kappa shape index (κ3) is 2.21. The molecule has 0 heterocycles. The minimum Gasteiger partial charge on any atom is -0.330 e. The Morgan fingerprint density at radius 3 is 2.53 bits per heavy atom. The van der Waals surface area contributed by atoms with E-state index in [2.05, 4.69) is 0 Å². The van der Waals surface area contributed by atoms with E-state index in [-0.39, 0.29) is 11.2 Å². The summed E-state index contributed by atoms with van der Waals surface area (Å²) in [5.74, 6) is -0.201. The van der Waals surface area contributed by atoms with Gasteiger partial charge >= 0.3 is 0 Å². The van der Waals surface area contributed by atoms with Crippen LogP contribution in [0.2, 0.25) is 5.02 Å². The standard InChI is InChI=1S/C14H19ClFN/c1-10-5-6-11(16)12(13(10)15)14(9-17)7-3-2-4-8-14/h5-6H,2-4,7-9,17H2,1H3. The van der Waals surface area contributed by atoms with Crippen molar-refractivity contribution in [2.45, 2.75) is 44.4 Å². The van der Waals surface area contributed by atoms with Crippen LogP contribution in [0.3, 0.4) is 0 Å². The molecule has 0 amide bonds. The molecule has 1 aliphatic rings. The summed E-state index contributed by atoms with van der Waals surface area (Å²) in [5, 5.41) is 0.567. The Kier molecular flexibility index (Phi) is 3.74. The first kappa shape index (κ1) is 12.8. The van der Waals surface area contributed by atoms with Gasteiger partial charge in [0.05, 0.1) is 5.02 Å². The Morgan fingerprint density at radius 2 is 1.94 bits per heavy atom.